The predicted molar refractivity (Wildman–Crippen MR) is 80.9 cm³/mol. The van der Waals surface area contributed by atoms with Gasteiger partial charge in [-0.1, -0.05) is 38.6 Å². The molecule has 0 aliphatic carbocycles. The molecule has 0 aromatic heterocycles. The van der Waals surface area contributed by atoms with Gasteiger partial charge in [-0.3, -0.25) is 4.79 Å². The first-order valence-corrected chi connectivity index (χ1v) is 6.93. The molecule has 0 atom stereocenters. The van der Waals surface area contributed by atoms with Crippen LogP contribution in [0.15, 0.2) is 30.9 Å². The van der Waals surface area contributed by atoms with E-state index in [1.807, 2.05) is 19.1 Å². The van der Waals surface area contributed by atoms with Crippen LogP contribution in [0.25, 0.3) is 0 Å². The highest BCUT2D eigenvalue weighted by Gasteiger charge is 2.21. The molecule has 3 nitrogen and oxygen atoms in total. The molecule has 3 heteroatoms. The van der Waals surface area contributed by atoms with E-state index < -0.39 is 0 Å². The van der Waals surface area contributed by atoms with Crippen molar-refractivity contribution in [2.45, 2.75) is 45.4 Å². The highest BCUT2D eigenvalue weighted by Crippen LogP contribution is 2.31. The van der Waals surface area contributed by atoms with Gasteiger partial charge in [0.2, 0.25) is 0 Å². The van der Waals surface area contributed by atoms with Gasteiger partial charge >= 0.3 is 5.97 Å². The van der Waals surface area contributed by atoms with Gasteiger partial charge in [-0.25, -0.2) is 0 Å². The molecular formula is C17H24O3. The molecule has 20 heavy (non-hydrogen) atoms. The third-order valence-electron chi connectivity index (χ3n) is 3.52. The standard InChI is InChI=1S/C17H24O3/c1-5-11-20-16(19)7-6-10-17(3,4)14-8-9-15(18)13(2)12-14/h5,8-9,12,18H,1,6-7,10-11H2,2-4H3. The molecule has 0 unspecified atom stereocenters. The van der Waals surface area contributed by atoms with Gasteiger partial charge < -0.3 is 9.84 Å². The van der Waals surface area contributed by atoms with Crippen LogP contribution in [0.2, 0.25) is 0 Å². The number of hydrogen-bond acceptors (Lipinski definition) is 3. The van der Waals surface area contributed by atoms with E-state index in [-0.39, 0.29) is 18.0 Å². The number of benzene rings is 1. The smallest absolute Gasteiger partial charge is 0.306 e. The third kappa shape index (κ3) is 4.72. The van der Waals surface area contributed by atoms with E-state index in [1.165, 1.54) is 5.56 Å². The second-order valence-corrected chi connectivity index (χ2v) is 5.71. The summed E-state index contributed by atoms with van der Waals surface area (Å²) in [5.74, 6) is 0.139. The molecule has 0 spiro atoms. The fourth-order valence-electron chi connectivity index (χ4n) is 2.12. The van der Waals surface area contributed by atoms with Gasteiger partial charge in [0, 0.05) is 6.42 Å². The zero-order valence-electron chi connectivity index (χ0n) is 12.6. The van der Waals surface area contributed by atoms with Gasteiger partial charge in [0.25, 0.3) is 0 Å². The summed E-state index contributed by atoms with van der Waals surface area (Å²) in [6, 6.07) is 5.68. The van der Waals surface area contributed by atoms with Crippen molar-refractivity contribution in [2.24, 2.45) is 0 Å². The van der Waals surface area contributed by atoms with E-state index in [4.69, 9.17) is 4.74 Å². The quantitative estimate of drug-likeness (QED) is 0.607. The van der Waals surface area contributed by atoms with Gasteiger partial charge in [-0.15, -0.1) is 0 Å². The number of aryl methyl sites for hydroxylation is 1. The lowest BCUT2D eigenvalue weighted by molar-refractivity contribution is -0.142. The summed E-state index contributed by atoms with van der Waals surface area (Å²) in [4.78, 5) is 11.4. The monoisotopic (exact) mass is 276 g/mol. The molecule has 0 heterocycles. The van der Waals surface area contributed by atoms with Crippen LogP contribution in [0.5, 0.6) is 5.75 Å². The van der Waals surface area contributed by atoms with Crippen molar-refractivity contribution in [2.75, 3.05) is 6.61 Å². The van der Waals surface area contributed by atoms with Crippen LogP contribution >= 0.6 is 0 Å². The normalized spacial score (nSPS) is 11.2. The van der Waals surface area contributed by atoms with Gasteiger partial charge in [-0.2, -0.15) is 0 Å². The first-order valence-electron chi connectivity index (χ1n) is 6.93. The summed E-state index contributed by atoms with van der Waals surface area (Å²) < 4.78 is 4.96. The minimum Gasteiger partial charge on any atom is -0.508 e. The Morgan fingerprint density at radius 1 is 1.45 bits per heavy atom. The van der Waals surface area contributed by atoms with E-state index in [9.17, 15) is 9.90 Å². The Morgan fingerprint density at radius 2 is 2.15 bits per heavy atom. The van der Waals surface area contributed by atoms with Crippen LogP contribution < -0.4 is 0 Å². The number of carbonyl (C=O) groups excluding carboxylic acids is 1. The summed E-state index contributed by atoms with van der Waals surface area (Å²) in [5.41, 5.74) is 2.02. The topological polar surface area (TPSA) is 46.5 Å². The van der Waals surface area contributed by atoms with Gasteiger partial charge in [0.15, 0.2) is 0 Å². The fraction of sp³-hybridized carbons (Fsp3) is 0.471. The Kier molecular flexibility index (Phi) is 5.81. The van der Waals surface area contributed by atoms with E-state index in [0.29, 0.717) is 12.2 Å². The summed E-state index contributed by atoms with van der Waals surface area (Å²) in [5, 5.41) is 9.57. The minimum atomic E-state index is -0.178. The van der Waals surface area contributed by atoms with Crippen molar-refractivity contribution in [1.82, 2.24) is 0 Å². The lowest BCUT2D eigenvalue weighted by atomic mass is 9.79. The van der Waals surface area contributed by atoms with Crippen molar-refractivity contribution in [1.29, 1.82) is 0 Å². The number of ether oxygens (including phenoxy) is 1. The van der Waals surface area contributed by atoms with E-state index >= 15 is 0 Å². The molecule has 0 bridgehead atoms. The highest BCUT2D eigenvalue weighted by atomic mass is 16.5. The molecule has 0 aliphatic heterocycles. The molecule has 0 aliphatic rings. The van der Waals surface area contributed by atoms with E-state index in [2.05, 4.69) is 20.4 Å². The minimum absolute atomic E-state index is 0.0306. The largest absolute Gasteiger partial charge is 0.508 e. The molecule has 0 amide bonds. The molecule has 110 valence electrons. The lowest BCUT2D eigenvalue weighted by Gasteiger charge is -2.25. The highest BCUT2D eigenvalue weighted by molar-refractivity contribution is 5.69. The number of phenolic OH excluding ortho intramolecular Hbond substituents is 1. The Morgan fingerprint density at radius 3 is 2.75 bits per heavy atom. The maximum Gasteiger partial charge on any atom is 0.306 e. The van der Waals surface area contributed by atoms with Gasteiger partial charge in [0.05, 0.1) is 0 Å². The van der Waals surface area contributed by atoms with E-state index in [1.54, 1.807) is 12.1 Å². The van der Waals surface area contributed by atoms with Crippen molar-refractivity contribution in [3.8, 4) is 5.75 Å². The second-order valence-electron chi connectivity index (χ2n) is 5.71. The first-order chi connectivity index (χ1) is 9.36. The van der Waals surface area contributed by atoms with Crippen LogP contribution in [0.1, 0.15) is 44.2 Å². The Bertz CT molecular complexity index is 475. The average Bonchev–Trinajstić information content (AvgIpc) is 2.39. The van der Waals surface area contributed by atoms with Crippen LogP contribution in [0.3, 0.4) is 0 Å². The zero-order chi connectivity index (χ0) is 15.2. The lowest BCUT2D eigenvalue weighted by Crippen LogP contribution is -2.18. The molecule has 0 radical (unpaired) electrons. The molecule has 1 rings (SSSR count). The number of carbonyl (C=O) groups is 1. The van der Waals surface area contributed by atoms with Crippen LogP contribution in [0.4, 0.5) is 0 Å². The van der Waals surface area contributed by atoms with Crippen LogP contribution in [0, 0.1) is 6.92 Å². The molecule has 0 saturated carbocycles. The van der Waals surface area contributed by atoms with Crippen LogP contribution in [-0.4, -0.2) is 17.7 Å². The maximum absolute atomic E-state index is 11.4. The number of rotatable bonds is 7. The van der Waals surface area contributed by atoms with E-state index in [0.717, 1.165) is 18.4 Å². The van der Waals surface area contributed by atoms with Crippen molar-refractivity contribution in [3.05, 3.63) is 42.0 Å². The number of phenols is 1. The fourth-order valence-corrected chi connectivity index (χ4v) is 2.12. The van der Waals surface area contributed by atoms with Gasteiger partial charge in [-0.05, 0) is 42.4 Å². The molecule has 1 aromatic rings. The van der Waals surface area contributed by atoms with Crippen LogP contribution in [-0.2, 0) is 14.9 Å². The molecule has 1 N–H and O–H groups in total. The summed E-state index contributed by atoms with van der Waals surface area (Å²) in [6.07, 6.45) is 3.67. The predicted octanol–water partition coefficient (Wildman–Crippen LogP) is 3.88. The zero-order valence-corrected chi connectivity index (χ0v) is 12.6. The summed E-state index contributed by atoms with van der Waals surface area (Å²) in [7, 11) is 0. The second kappa shape index (κ2) is 7.13. The molecule has 0 saturated heterocycles. The van der Waals surface area contributed by atoms with Crippen molar-refractivity contribution in [3.63, 3.8) is 0 Å². The molecule has 1 aromatic carbocycles. The average molecular weight is 276 g/mol. The Balaban J connectivity index is 2.54. The summed E-state index contributed by atoms with van der Waals surface area (Å²) in [6.45, 7) is 9.97. The first kappa shape index (κ1) is 16.3. The Hall–Kier alpha value is -1.77. The summed E-state index contributed by atoms with van der Waals surface area (Å²) >= 11 is 0. The molecule has 0 fully saturated rings. The third-order valence-corrected chi connectivity index (χ3v) is 3.52. The van der Waals surface area contributed by atoms with Crippen molar-refractivity contribution < 1.29 is 14.6 Å². The molecular weight excluding hydrogens is 252 g/mol. The number of esters is 1. The maximum atomic E-state index is 11.4. The Labute approximate surface area is 121 Å². The van der Waals surface area contributed by atoms with Gasteiger partial charge in [0.1, 0.15) is 12.4 Å². The number of aromatic hydroxyl groups is 1. The van der Waals surface area contributed by atoms with Crippen molar-refractivity contribution >= 4 is 5.97 Å². The SMILES string of the molecule is C=CCOC(=O)CCCC(C)(C)c1ccc(O)c(C)c1. The number of hydrogen-bond donors (Lipinski definition) is 1.